The van der Waals surface area contributed by atoms with Crippen molar-refractivity contribution >= 4 is 26.8 Å². The Bertz CT molecular complexity index is 519. The summed E-state index contributed by atoms with van der Waals surface area (Å²) in [5.74, 6) is -0.223. The molecule has 2 N–H and O–H groups in total. The Morgan fingerprint density at radius 2 is 2.19 bits per heavy atom. The van der Waals surface area contributed by atoms with Crippen molar-refractivity contribution in [2.75, 3.05) is 6.54 Å². The number of fused-ring (bicyclic) bond motifs is 1. The molecule has 0 bridgehead atoms. The molecule has 86 valence electrons. The first kappa shape index (κ1) is 11.6. The molecule has 0 fully saturated rings. The van der Waals surface area contributed by atoms with E-state index in [1.54, 1.807) is 6.07 Å². The van der Waals surface area contributed by atoms with Crippen LogP contribution in [0.25, 0.3) is 10.9 Å². The van der Waals surface area contributed by atoms with E-state index in [0.717, 1.165) is 23.9 Å². The average molecular weight is 285 g/mol. The van der Waals surface area contributed by atoms with Gasteiger partial charge in [0.15, 0.2) is 0 Å². The molecule has 0 aliphatic rings. The van der Waals surface area contributed by atoms with E-state index in [9.17, 15) is 4.39 Å². The first-order chi connectivity index (χ1) is 7.67. The van der Waals surface area contributed by atoms with Gasteiger partial charge in [-0.05, 0) is 53.5 Å². The topological polar surface area (TPSA) is 30.9 Å². The maximum atomic E-state index is 13.5. The van der Waals surface area contributed by atoms with Crippen LogP contribution in [0.3, 0.4) is 0 Å². The van der Waals surface area contributed by atoms with Crippen LogP contribution in [-0.4, -0.2) is 11.1 Å². The minimum absolute atomic E-state index is 0.223. The van der Waals surface area contributed by atoms with E-state index in [2.05, 4.69) is 26.7 Å². The number of hydrogen-bond donors (Lipinski definition) is 1. The van der Waals surface area contributed by atoms with Gasteiger partial charge in [0.25, 0.3) is 0 Å². The normalized spacial score (nSPS) is 11.2. The molecular formula is C12H14BrFN2. The molecular weight excluding hydrogens is 271 g/mol. The molecule has 16 heavy (non-hydrogen) atoms. The number of benzene rings is 1. The smallest absolute Gasteiger partial charge is 0.139 e. The van der Waals surface area contributed by atoms with Crippen LogP contribution < -0.4 is 5.73 Å². The zero-order valence-electron chi connectivity index (χ0n) is 9.13. The van der Waals surface area contributed by atoms with Gasteiger partial charge in [-0.3, -0.25) is 0 Å². The lowest BCUT2D eigenvalue weighted by atomic mass is 10.1. The molecule has 0 spiro atoms. The molecule has 0 saturated heterocycles. The predicted octanol–water partition coefficient (Wildman–Crippen LogP) is 3.06. The molecule has 0 unspecified atom stereocenters. The van der Waals surface area contributed by atoms with Gasteiger partial charge >= 0.3 is 0 Å². The number of rotatable bonds is 3. The lowest BCUT2D eigenvalue weighted by Crippen LogP contribution is -2.02. The van der Waals surface area contributed by atoms with Gasteiger partial charge in [0.2, 0.25) is 0 Å². The quantitative estimate of drug-likeness (QED) is 0.923. The Labute approximate surface area is 102 Å². The second kappa shape index (κ2) is 4.55. The third-order valence-electron chi connectivity index (χ3n) is 2.76. The highest BCUT2D eigenvalue weighted by atomic mass is 79.9. The molecule has 2 aromatic rings. The SMILES string of the molecule is CCn1cc(CCN)c2cc(Br)c(F)cc21. The number of aromatic nitrogens is 1. The van der Waals surface area contributed by atoms with E-state index in [0.29, 0.717) is 11.0 Å². The van der Waals surface area contributed by atoms with Gasteiger partial charge in [-0.25, -0.2) is 4.39 Å². The number of halogens is 2. The molecule has 0 amide bonds. The van der Waals surface area contributed by atoms with E-state index >= 15 is 0 Å². The van der Waals surface area contributed by atoms with E-state index in [4.69, 9.17) is 5.73 Å². The Morgan fingerprint density at radius 3 is 2.81 bits per heavy atom. The maximum absolute atomic E-state index is 13.5. The van der Waals surface area contributed by atoms with Crippen molar-refractivity contribution < 1.29 is 4.39 Å². The fraction of sp³-hybridized carbons (Fsp3) is 0.333. The van der Waals surface area contributed by atoms with Crippen LogP contribution in [0.1, 0.15) is 12.5 Å². The lowest BCUT2D eigenvalue weighted by Gasteiger charge is -2.01. The Hall–Kier alpha value is -0.870. The van der Waals surface area contributed by atoms with Gasteiger partial charge in [-0.15, -0.1) is 0 Å². The fourth-order valence-electron chi connectivity index (χ4n) is 1.97. The Kier molecular flexibility index (Phi) is 3.30. The fourth-order valence-corrected chi connectivity index (χ4v) is 2.32. The van der Waals surface area contributed by atoms with Crippen molar-refractivity contribution in [1.82, 2.24) is 4.57 Å². The Morgan fingerprint density at radius 1 is 1.44 bits per heavy atom. The maximum Gasteiger partial charge on any atom is 0.139 e. The van der Waals surface area contributed by atoms with E-state index in [-0.39, 0.29) is 5.82 Å². The van der Waals surface area contributed by atoms with Crippen molar-refractivity contribution in [3.8, 4) is 0 Å². The van der Waals surface area contributed by atoms with E-state index in [1.165, 1.54) is 5.56 Å². The Balaban J connectivity index is 2.69. The number of hydrogen-bond acceptors (Lipinski definition) is 1. The van der Waals surface area contributed by atoms with Crippen molar-refractivity contribution in [3.05, 3.63) is 34.2 Å². The summed E-state index contributed by atoms with van der Waals surface area (Å²) in [6.07, 6.45) is 2.88. The lowest BCUT2D eigenvalue weighted by molar-refractivity contribution is 0.621. The van der Waals surface area contributed by atoms with Gasteiger partial charge in [0, 0.05) is 18.1 Å². The van der Waals surface area contributed by atoms with Gasteiger partial charge in [0.05, 0.1) is 9.99 Å². The number of nitrogens with zero attached hydrogens (tertiary/aromatic N) is 1. The second-order valence-electron chi connectivity index (χ2n) is 3.76. The monoisotopic (exact) mass is 284 g/mol. The molecule has 0 saturated carbocycles. The van der Waals surface area contributed by atoms with Crippen molar-refractivity contribution in [3.63, 3.8) is 0 Å². The minimum Gasteiger partial charge on any atom is -0.347 e. The zero-order valence-corrected chi connectivity index (χ0v) is 10.7. The molecule has 0 aliphatic carbocycles. The van der Waals surface area contributed by atoms with Crippen LogP contribution in [0.5, 0.6) is 0 Å². The van der Waals surface area contributed by atoms with Crippen LogP contribution in [0.4, 0.5) is 4.39 Å². The van der Waals surface area contributed by atoms with E-state index in [1.807, 2.05) is 13.0 Å². The summed E-state index contributed by atoms with van der Waals surface area (Å²) in [5, 5.41) is 1.08. The summed E-state index contributed by atoms with van der Waals surface area (Å²) >= 11 is 3.22. The van der Waals surface area contributed by atoms with Gasteiger partial charge in [-0.2, -0.15) is 0 Å². The number of nitrogens with two attached hydrogens (primary N) is 1. The van der Waals surface area contributed by atoms with Gasteiger partial charge in [-0.1, -0.05) is 0 Å². The summed E-state index contributed by atoms with van der Waals surface area (Å²) < 4.78 is 16.0. The van der Waals surface area contributed by atoms with Crippen molar-refractivity contribution in [1.29, 1.82) is 0 Å². The minimum atomic E-state index is -0.223. The van der Waals surface area contributed by atoms with Crippen molar-refractivity contribution in [2.45, 2.75) is 19.9 Å². The number of aryl methyl sites for hydroxylation is 1. The average Bonchev–Trinajstić information content (AvgIpc) is 2.58. The van der Waals surface area contributed by atoms with Crippen LogP contribution in [0.2, 0.25) is 0 Å². The van der Waals surface area contributed by atoms with Gasteiger partial charge in [0.1, 0.15) is 5.82 Å². The summed E-state index contributed by atoms with van der Waals surface area (Å²) in [5.41, 5.74) is 7.69. The van der Waals surface area contributed by atoms with Gasteiger partial charge < -0.3 is 10.3 Å². The van der Waals surface area contributed by atoms with Crippen LogP contribution >= 0.6 is 15.9 Å². The molecule has 0 radical (unpaired) electrons. The first-order valence-corrected chi connectivity index (χ1v) is 6.13. The molecule has 1 aromatic heterocycles. The third-order valence-corrected chi connectivity index (χ3v) is 3.37. The summed E-state index contributed by atoms with van der Waals surface area (Å²) in [4.78, 5) is 0. The predicted molar refractivity (Wildman–Crippen MR) is 68.0 cm³/mol. The largest absolute Gasteiger partial charge is 0.347 e. The molecule has 2 rings (SSSR count). The van der Waals surface area contributed by atoms with Crippen molar-refractivity contribution in [2.24, 2.45) is 5.73 Å². The third kappa shape index (κ3) is 1.87. The van der Waals surface area contributed by atoms with Crippen LogP contribution in [0, 0.1) is 5.82 Å². The molecule has 0 atom stereocenters. The standard InChI is InChI=1S/C12H14BrFN2/c1-2-16-7-8(3-4-15)9-5-10(13)11(14)6-12(9)16/h5-7H,2-4,15H2,1H3. The second-order valence-corrected chi connectivity index (χ2v) is 4.62. The molecule has 0 aliphatic heterocycles. The highest BCUT2D eigenvalue weighted by molar-refractivity contribution is 9.10. The summed E-state index contributed by atoms with van der Waals surface area (Å²) in [7, 11) is 0. The summed E-state index contributed by atoms with van der Waals surface area (Å²) in [6.45, 7) is 3.49. The highest BCUT2D eigenvalue weighted by Gasteiger charge is 2.10. The van der Waals surface area contributed by atoms with Crippen LogP contribution in [0.15, 0.2) is 22.8 Å². The van der Waals surface area contributed by atoms with Crippen LogP contribution in [-0.2, 0) is 13.0 Å². The zero-order chi connectivity index (χ0) is 11.7. The molecule has 4 heteroatoms. The van der Waals surface area contributed by atoms with E-state index < -0.39 is 0 Å². The molecule has 1 aromatic carbocycles. The first-order valence-electron chi connectivity index (χ1n) is 5.34. The summed E-state index contributed by atoms with van der Waals surface area (Å²) in [6, 6.07) is 3.41. The highest BCUT2D eigenvalue weighted by Crippen LogP contribution is 2.27. The molecule has 1 heterocycles. The molecule has 2 nitrogen and oxygen atoms in total.